The molecule has 7 nitrogen and oxygen atoms in total. The third-order valence-electron chi connectivity index (χ3n) is 5.49. The van der Waals surface area contributed by atoms with Gasteiger partial charge in [-0.2, -0.15) is 0 Å². The van der Waals surface area contributed by atoms with Crippen LogP contribution < -0.4 is 15.4 Å². The number of nitrogens with one attached hydrogen (secondary N) is 2. The van der Waals surface area contributed by atoms with Crippen molar-refractivity contribution >= 4 is 11.8 Å². The molecule has 0 bridgehead atoms. The Balaban J connectivity index is 1.45. The number of piperazine rings is 1. The van der Waals surface area contributed by atoms with Crippen LogP contribution in [0.1, 0.15) is 30.0 Å². The van der Waals surface area contributed by atoms with Crippen LogP contribution in [0.2, 0.25) is 0 Å². The van der Waals surface area contributed by atoms with E-state index in [-0.39, 0.29) is 43.0 Å². The molecule has 1 saturated carbocycles. The number of nitrogens with zero attached hydrogens (tertiary/aromatic N) is 1. The summed E-state index contributed by atoms with van der Waals surface area (Å²) >= 11 is 0. The molecular formula is C19H25N3O4. The standard InChI is InChI=1S/C19H25N3O4/c23-15-8-14(9-15)19(13-1-2-16-12(7-13)3-6-26-16)21-18(25)11-22-5-4-20-17(24)10-22/h1-2,7,14-15,19,23H,3-6,8-11H2,(H,20,24)(H,21,25)/t14?,15?,19-/m0/s1. The van der Waals surface area contributed by atoms with Crippen molar-refractivity contribution in [1.29, 1.82) is 0 Å². The topological polar surface area (TPSA) is 90.9 Å². The predicted octanol–water partition coefficient (Wildman–Crippen LogP) is -0.0185. The van der Waals surface area contributed by atoms with Gasteiger partial charge in [0.05, 0.1) is 31.8 Å². The van der Waals surface area contributed by atoms with Crippen molar-refractivity contribution in [3.63, 3.8) is 0 Å². The van der Waals surface area contributed by atoms with Crippen molar-refractivity contribution in [2.75, 3.05) is 32.8 Å². The number of hydrogen-bond acceptors (Lipinski definition) is 5. The smallest absolute Gasteiger partial charge is 0.234 e. The fourth-order valence-corrected chi connectivity index (χ4v) is 4.02. The number of hydrogen-bond donors (Lipinski definition) is 3. The number of fused-ring (bicyclic) bond motifs is 1. The molecule has 2 fully saturated rings. The van der Waals surface area contributed by atoms with Gasteiger partial charge in [0, 0.05) is 19.5 Å². The van der Waals surface area contributed by atoms with Gasteiger partial charge in [-0.05, 0) is 42.0 Å². The summed E-state index contributed by atoms with van der Waals surface area (Å²) in [5.74, 6) is 1.04. The molecule has 2 amide bonds. The van der Waals surface area contributed by atoms with Crippen molar-refractivity contribution < 1.29 is 19.4 Å². The van der Waals surface area contributed by atoms with E-state index in [0.29, 0.717) is 32.5 Å². The zero-order chi connectivity index (χ0) is 18.1. The molecule has 4 rings (SSSR count). The lowest BCUT2D eigenvalue weighted by atomic mass is 9.75. The van der Waals surface area contributed by atoms with Crippen molar-refractivity contribution in [2.24, 2.45) is 5.92 Å². The molecule has 26 heavy (non-hydrogen) atoms. The van der Waals surface area contributed by atoms with E-state index >= 15 is 0 Å². The maximum atomic E-state index is 12.6. The molecule has 1 aliphatic carbocycles. The number of carbonyl (C=O) groups excluding carboxylic acids is 2. The third-order valence-corrected chi connectivity index (χ3v) is 5.49. The highest BCUT2D eigenvalue weighted by molar-refractivity contribution is 5.82. The summed E-state index contributed by atoms with van der Waals surface area (Å²) in [7, 11) is 0. The van der Waals surface area contributed by atoms with E-state index in [0.717, 1.165) is 17.7 Å². The summed E-state index contributed by atoms with van der Waals surface area (Å²) in [5, 5.41) is 15.6. The van der Waals surface area contributed by atoms with Crippen LogP contribution in [-0.2, 0) is 16.0 Å². The lowest BCUT2D eigenvalue weighted by Gasteiger charge is -2.38. The Morgan fingerprint density at radius 3 is 3.04 bits per heavy atom. The van der Waals surface area contributed by atoms with Gasteiger partial charge in [-0.25, -0.2) is 0 Å². The van der Waals surface area contributed by atoms with Crippen LogP contribution in [-0.4, -0.2) is 60.7 Å². The number of rotatable bonds is 5. The predicted molar refractivity (Wildman–Crippen MR) is 94.7 cm³/mol. The molecule has 3 N–H and O–H groups in total. The molecular weight excluding hydrogens is 334 g/mol. The van der Waals surface area contributed by atoms with Crippen LogP contribution in [0.15, 0.2) is 18.2 Å². The molecule has 2 aliphatic heterocycles. The number of ether oxygens (including phenoxy) is 1. The van der Waals surface area contributed by atoms with Crippen molar-refractivity contribution in [1.82, 2.24) is 15.5 Å². The number of aliphatic hydroxyl groups is 1. The SMILES string of the molecule is O=C1CN(CC(=O)N[C@@H](c2ccc3c(c2)CCO3)C2CC(O)C2)CCN1. The summed E-state index contributed by atoms with van der Waals surface area (Å²) in [5.41, 5.74) is 2.24. The number of carbonyl (C=O) groups is 2. The Bertz CT molecular complexity index is 702. The quantitative estimate of drug-likeness (QED) is 0.687. The Kier molecular flexibility index (Phi) is 4.82. The lowest BCUT2D eigenvalue weighted by molar-refractivity contribution is -0.127. The van der Waals surface area contributed by atoms with E-state index in [4.69, 9.17) is 4.74 Å². The monoisotopic (exact) mass is 359 g/mol. The molecule has 1 saturated heterocycles. The zero-order valence-electron chi connectivity index (χ0n) is 14.7. The number of aliphatic hydroxyl groups excluding tert-OH is 1. The van der Waals surface area contributed by atoms with Gasteiger partial charge in [-0.15, -0.1) is 0 Å². The van der Waals surface area contributed by atoms with Gasteiger partial charge in [0.2, 0.25) is 11.8 Å². The second-order valence-electron chi connectivity index (χ2n) is 7.46. The van der Waals surface area contributed by atoms with Gasteiger partial charge in [-0.1, -0.05) is 6.07 Å². The average molecular weight is 359 g/mol. The second kappa shape index (κ2) is 7.25. The fraction of sp³-hybridized carbons (Fsp3) is 0.579. The lowest BCUT2D eigenvalue weighted by Crippen LogP contribution is -2.51. The largest absolute Gasteiger partial charge is 0.493 e. The molecule has 3 aliphatic rings. The van der Waals surface area contributed by atoms with Crippen molar-refractivity contribution in [2.45, 2.75) is 31.4 Å². The van der Waals surface area contributed by atoms with E-state index in [2.05, 4.69) is 16.7 Å². The summed E-state index contributed by atoms with van der Waals surface area (Å²) < 4.78 is 5.57. The molecule has 7 heteroatoms. The van der Waals surface area contributed by atoms with Crippen LogP contribution in [0.25, 0.3) is 0 Å². The van der Waals surface area contributed by atoms with E-state index in [1.165, 1.54) is 5.56 Å². The molecule has 2 heterocycles. The molecule has 1 aromatic carbocycles. The van der Waals surface area contributed by atoms with E-state index < -0.39 is 0 Å². The third kappa shape index (κ3) is 3.68. The average Bonchev–Trinajstić information content (AvgIpc) is 3.05. The molecule has 0 aromatic heterocycles. The normalized spacial score (nSPS) is 26.3. The van der Waals surface area contributed by atoms with Crippen molar-refractivity contribution in [3.8, 4) is 5.75 Å². The van der Waals surface area contributed by atoms with Gasteiger partial charge < -0.3 is 20.5 Å². The van der Waals surface area contributed by atoms with Gasteiger partial charge in [0.25, 0.3) is 0 Å². The zero-order valence-corrected chi connectivity index (χ0v) is 14.7. The summed E-state index contributed by atoms with van der Waals surface area (Å²) in [4.78, 5) is 25.9. The van der Waals surface area contributed by atoms with E-state index in [1.54, 1.807) is 0 Å². The fourth-order valence-electron chi connectivity index (χ4n) is 4.02. The molecule has 140 valence electrons. The Labute approximate surface area is 152 Å². The number of amides is 2. The summed E-state index contributed by atoms with van der Waals surface area (Å²) in [6, 6.07) is 5.98. The Morgan fingerprint density at radius 1 is 1.42 bits per heavy atom. The first-order chi connectivity index (χ1) is 12.6. The van der Waals surface area contributed by atoms with Gasteiger partial charge >= 0.3 is 0 Å². The minimum Gasteiger partial charge on any atom is -0.493 e. The molecule has 0 radical (unpaired) electrons. The van der Waals surface area contributed by atoms with Crippen LogP contribution in [0.5, 0.6) is 5.75 Å². The van der Waals surface area contributed by atoms with Gasteiger partial charge in [0.1, 0.15) is 5.75 Å². The second-order valence-corrected chi connectivity index (χ2v) is 7.46. The number of benzene rings is 1. The summed E-state index contributed by atoms with van der Waals surface area (Å²) in [6.45, 7) is 2.44. The van der Waals surface area contributed by atoms with Crippen LogP contribution in [0.3, 0.4) is 0 Å². The van der Waals surface area contributed by atoms with Crippen LogP contribution in [0, 0.1) is 5.92 Å². The van der Waals surface area contributed by atoms with Crippen LogP contribution >= 0.6 is 0 Å². The van der Waals surface area contributed by atoms with Gasteiger partial charge in [-0.3, -0.25) is 14.5 Å². The van der Waals surface area contributed by atoms with Gasteiger partial charge in [0.15, 0.2) is 0 Å². The highest BCUT2D eigenvalue weighted by Crippen LogP contribution is 2.39. The first-order valence-corrected chi connectivity index (χ1v) is 9.30. The molecule has 1 aromatic rings. The minimum atomic E-state index is -0.275. The van der Waals surface area contributed by atoms with E-state index in [9.17, 15) is 14.7 Å². The Morgan fingerprint density at radius 2 is 2.27 bits per heavy atom. The first kappa shape index (κ1) is 17.3. The maximum absolute atomic E-state index is 12.6. The molecule has 0 spiro atoms. The molecule has 1 atom stereocenters. The van der Waals surface area contributed by atoms with Crippen LogP contribution in [0.4, 0.5) is 0 Å². The van der Waals surface area contributed by atoms with E-state index in [1.807, 2.05) is 17.0 Å². The highest BCUT2D eigenvalue weighted by atomic mass is 16.5. The highest BCUT2D eigenvalue weighted by Gasteiger charge is 2.36. The summed E-state index contributed by atoms with van der Waals surface area (Å²) in [6.07, 6.45) is 2.01. The first-order valence-electron chi connectivity index (χ1n) is 9.30. The van der Waals surface area contributed by atoms with Crippen molar-refractivity contribution in [3.05, 3.63) is 29.3 Å². The maximum Gasteiger partial charge on any atom is 0.234 e. The Hall–Kier alpha value is -2.12. The minimum absolute atomic E-state index is 0.0404. The molecule has 0 unspecified atom stereocenters.